The van der Waals surface area contributed by atoms with Gasteiger partial charge in [0.05, 0.1) is 6.61 Å². The van der Waals surface area contributed by atoms with Crippen LogP contribution in [0.15, 0.2) is 4.99 Å². The molecule has 0 aromatic carbocycles. The van der Waals surface area contributed by atoms with Gasteiger partial charge in [0.2, 0.25) is 0 Å². The normalized spacial score (nSPS) is 17.4. The molecule has 0 aliphatic carbocycles. The Morgan fingerprint density at radius 3 is 2.70 bits per heavy atom. The maximum Gasteiger partial charge on any atom is 0.191 e. The molecule has 0 bridgehead atoms. The van der Waals surface area contributed by atoms with Crippen molar-refractivity contribution in [2.75, 3.05) is 65.0 Å². The molecule has 1 aliphatic rings. The Bertz CT molecular complexity index is 307. The van der Waals surface area contributed by atoms with Crippen molar-refractivity contribution in [2.24, 2.45) is 10.9 Å². The van der Waals surface area contributed by atoms with Crippen molar-refractivity contribution < 1.29 is 4.74 Å². The molecule has 136 valence electrons. The molecule has 5 nitrogen and oxygen atoms in total. The molecular weight excluding hydrogens is 308 g/mol. The molecule has 6 heteroatoms. The van der Waals surface area contributed by atoms with Crippen LogP contribution in [0.4, 0.5) is 0 Å². The molecule has 1 heterocycles. The first-order valence-corrected chi connectivity index (χ1v) is 10.4. The fourth-order valence-electron chi connectivity index (χ4n) is 2.75. The largest absolute Gasteiger partial charge is 0.383 e. The first kappa shape index (κ1) is 20.6. The van der Waals surface area contributed by atoms with Gasteiger partial charge in [-0.15, -0.1) is 0 Å². The summed E-state index contributed by atoms with van der Waals surface area (Å²) in [6.45, 7) is 9.27. The maximum absolute atomic E-state index is 5.16. The zero-order chi connectivity index (χ0) is 16.8. The second kappa shape index (κ2) is 13.9. The number of piperidine rings is 1. The predicted octanol–water partition coefficient (Wildman–Crippen LogP) is 2.04. The van der Waals surface area contributed by atoms with Crippen LogP contribution >= 0.6 is 11.8 Å². The third kappa shape index (κ3) is 10.1. The zero-order valence-electron chi connectivity index (χ0n) is 15.3. The van der Waals surface area contributed by atoms with Gasteiger partial charge in [0, 0.05) is 33.3 Å². The molecule has 0 unspecified atom stereocenters. The van der Waals surface area contributed by atoms with Crippen LogP contribution in [-0.4, -0.2) is 75.9 Å². The minimum absolute atomic E-state index is 0.723. The number of aliphatic imine (C=N–C) groups is 1. The number of hydrogen-bond donors (Lipinski definition) is 2. The van der Waals surface area contributed by atoms with E-state index in [0.29, 0.717) is 0 Å². The molecule has 1 rings (SSSR count). The lowest BCUT2D eigenvalue weighted by Gasteiger charge is -2.31. The summed E-state index contributed by atoms with van der Waals surface area (Å²) in [5, 5.41) is 6.82. The quantitative estimate of drug-likeness (QED) is 0.341. The van der Waals surface area contributed by atoms with Gasteiger partial charge in [-0.1, -0.05) is 0 Å². The van der Waals surface area contributed by atoms with E-state index in [1.807, 2.05) is 11.8 Å². The minimum Gasteiger partial charge on any atom is -0.383 e. The van der Waals surface area contributed by atoms with Gasteiger partial charge in [-0.2, -0.15) is 11.8 Å². The van der Waals surface area contributed by atoms with Gasteiger partial charge in [-0.3, -0.25) is 4.99 Å². The lowest BCUT2D eigenvalue weighted by atomic mass is 9.97. The number of nitrogens with zero attached hydrogens (tertiary/aromatic N) is 2. The number of guanidine groups is 1. The lowest BCUT2D eigenvalue weighted by Crippen LogP contribution is -2.39. The van der Waals surface area contributed by atoms with Crippen molar-refractivity contribution in [3.8, 4) is 0 Å². The average molecular weight is 345 g/mol. The van der Waals surface area contributed by atoms with Gasteiger partial charge in [0.25, 0.3) is 0 Å². The molecule has 0 saturated carbocycles. The van der Waals surface area contributed by atoms with Crippen LogP contribution in [0.1, 0.15) is 32.6 Å². The van der Waals surface area contributed by atoms with E-state index < -0.39 is 0 Å². The predicted molar refractivity (Wildman–Crippen MR) is 103 cm³/mol. The Kier molecular flexibility index (Phi) is 12.5. The van der Waals surface area contributed by atoms with E-state index in [4.69, 9.17) is 9.73 Å². The number of methoxy groups -OCH3 is 1. The van der Waals surface area contributed by atoms with Crippen molar-refractivity contribution in [3.05, 3.63) is 0 Å². The number of nitrogens with one attached hydrogen (secondary N) is 2. The summed E-state index contributed by atoms with van der Waals surface area (Å²) >= 11 is 1.92. The molecule has 0 amide bonds. The Morgan fingerprint density at radius 2 is 2.04 bits per heavy atom. The molecule has 2 N–H and O–H groups in total. The highest BCUT2D eigenvalue weighted by Crippen LogP contribution is 2.17. The number of unbranched alkanes of at least 4 members (excludes halogenated alkanes) is 1. The third-order valence-electron chi connectivity index (χ3n) is 4.24. The SMILES string of the molecule is CCNC(=NCC1CCN(CCOC)CC1)NCCCCSC. The highest BCUT2D eigenvalue weighted by Gasteiger charge is 2.18. The van der Waals surface area contributed by atoms with Crippen molar-refractivity contribution in [3.63, 3.8) is 0 Å². The topological polar surface area (TPSA) is 48.9 Å². The van der Waals surface area contributed by atoms with Crippen LogP contribution < -0.4 is 10.6 Å². The fourth-order valence-corrected chi connectivity index (χ4v) is 3.25. The van der Waals surface area contributed by atoms with Crippen molar-refractivity contribution in [1.82, 2.24) is 15.5 Å². The molecule has 0 spiro atoms. The van der Waals surface area contributed by atoms with Crippen LogP contribution in [0.2, 0.25) is 0 Å². The van der Waals surface area contributed by atoms with Crippen LogP contribution in [0.25, 0.3) is 0 Å². The van der Waals surface area contributed by atoms with Crippen LogP contribution in [-0.2, 0) is 4.74 Å². The van der Waals surface area contributed by atoms with Gasteiger partial charge in [-0.05, 0) is 63.6 Å². The van der Waals surface area contributed by atoms with E-state index >= 15 is 0 Å². The fraction of sp³-hybridized carbons (Fsp3) is 0.941. The van der Waals surface area contributed by atoms with Gasteiger partial charge in [0.15, 0.2) is 5.96 Å². The van der Waals surface area contributed by atoms with Crippen molar-refractivity contribution >= 4 is 17.7 Å². The van der Waals surface area contributed by atoms with Crippen LogP contribution in [0.5, 0.6) is 0 Å². The number of hydrogen-bond acceptors (Lipinski definition) is 4. The minimum atomic E-state index is 0.723. The van der Waals surface area contributed by atoms with Gasteiger partial charge in [0.1, 0.15) is 0 Å². The number of thioether (sulfide) groups is 1. The number of ether oxygens (including phenoxy) is 1. The standard InChI is InChI=1S/C17H36N4OS/c1-4-18-17(19-9-5-6-14-23-3)20-15-16-7-10-21(11-8-16)12-13-22-2/h16H,4-15H2,1-3H3,(H2,18,19,20). The Morgan fingerprint density at radius 1 is 1.26 bits per heavy atom. The summed E-state index contributed by atoms with van der Waals surface area (Å²) in [5.74, 6) is 2.95. The van der Waals surface area contributed by atoms with Gasteiger partial charge < -0.3 is 20.3 Å². The van der Waals surface area contributed by atoms with E-state index in [1.165, 1.54) is 44.5 Å². The van der Waals surface area contributed by atoms with E-state index in [9.17, 15) is 0 Å². The van der Waals surface area contributed by atoms with Crippen LogP contribution in [0, 0.1) is 5.92 Å². The first-order valence-electron chi connectivity index (χ1n) is 9.02. The van der Waals surface area contributed by atoms with Crippen molar-refractivity contribution in [2.45, 2.75) is 32.6 Å². The summed E-state index contributed by atoms with van der Waals surface area (Å²) in [7, 11) is 1.78. The molecule has 0 aromatic heterocycles. The molecule has 1 aliphatic heterocycles. The third-order valence-corrected chi connectivity index (χ3v) is 4.94. The van der Waals surface area contributed by atoms with E-state index in [1.54, 1.807) is 7.11 Å². The average Bonchev–Trinajstić information content (AvgIpc) is 2.58. The highest BCUT2D eigenvalue weighted by atomic mass is 32.2. The molecular formula is C17H36N4OS. The summed E-state index contributed by atoms with van der Waals surface area (Å²) in [5.41, 5.74) is 0. The van der Waals surface area contributed by atoms with E-state index in [0.717, 1.165) is 44.7 Å². The Hall–Kier alpha value is -0.460. The second-order valence-corrected chi connectivity index (χ2v) is 7.11. The molecule has 0 radical (unpaired) electrons. The lowest BCUT2D eigenvalue weighted by molar-refractivity contribution is 0.121. The van der Waals surface area contributed by atoms with E-state index in [2.05, 4.69) is 28.7 Å². The monoisotopic (exact) mass is 344 g/mol. The van der Waals surface area contributed by atoms with E-state index in [-0.39, 0.29) is 0 Å². The Labute approximate surface area is 147 Å². The maximum atomic E-state index is 5.16. The molecule has 23 heavy (non-hydrogen) atoms. The molecule has 1 saturated heterocycles. The van der Waals surface area contributed by atoms with Gasteiger partial charge in [-0.25, -0.2) is 0 Å². The second-order valence-electron chi connectivity index (χ2n) is 6.12. The summed E-state index contributed by atoms with van der Waals surface area (Å²) in [4.78, 5) is 7.29. The number of rotatable bonds is 11. The van der Waals surface area contributed by atoms with Crippen LogP contribution in [0.3, 0.4) is 0 Å². The smallest absolute Gasteiger partial charge is 0.191 e. The molecule has 0 aromatic rings. The molecule has 0 atom stereocenters. The van der Waals surface area contributed by atoms with Crippen molar-refractivity contribution in [1.29, 1.82) is 0 Å². The number of likely N-dealkylation sites (tertiary alicyclic amines) is 1. The summed E-state index contributed by atoms with van der Waals surface area (Å²) in [6, 6.07) is 0. The highest BCUT2D eigenvalue weighted by molar-refractivity contribution is 7.98. The van der Waals surface area contributed by atoms with Gasteiger partial charge >= 0.3 is 0 Å². The summed E-state index contributed by atoms with van der Waals surface area (Å²) in [6.07, 6.45) is 7.15. The summed E-state index contributed by atoms with van der Waals surface area (Å²) < 4.78 is 5.16. The molecule has 1 fully saturated rings. The first-order chi connectivity index (χ1) is 11.3. The zero-order valence-corrected chi connectivity index (χ0v) is 16.1. The Balaban J connectivity index is 2.23.